The van der Waals surface area contributed by atoms with Gasteiger partial charge in [-0.3, -0.25) is 14.5 Å². The number of carbonyl (C=O) groups excluding carboxylic acids is 2. The molecule has 0 radical (unpaired) electrons. The van der Waals surface area contributed by atoms with E-state index in [0.29, 0.717) is 24.8 Å². The van der Waals surface area contributed by atoms with Crippen LogP contribution in [0, 0.1) is 5.92 Å². The summed E-state index contributed by atoms with van der Waals surface area (Å²) in [5, 5.41) is 12.7. The summed E-state index contributed by atoms with van der Waals surface area (Å²) in [6.07, 6.45) is 20.2. The fraction of sp³-hybridized carbons (Fsp3) is 0.938. The second-order valence-electron chi connectivity index (χ2n) is 11.8. The van der Waals surface area contributed by atoms with Crippen LogP contribution in [0.1, 0.15) is 129 Å². The van der Waals surface area contributed by atoms with E-state index >= 15 is 0 Å². The van der Waals surface area contributed by atoms with Crippen LogP contribution in [0.2, 0.25) is 0 Å². The quantitative estimate of drug-likeness (QED) is 0.0969. The summed E-state index contributed by atoms with van der Waals surface area (Å²) in [4.78, 5) is 28.7. The van der Waals surface area contributed by atoms with Gasteiger partial charge in [-0.15, -0.1) is 0 Å². The number of unbranched alkanes of at least 4 members (excludes halogenated alkanes) is 9. The van der Waals surface area contributed by atoms with E-state index in [9.17, 15) is 14.7 Å². The molecule has 1 amide bonds. The number of hydrogen-bond donors (Lipinski definition) is 2. The first-order chi connectivity index (χ1) is 19.0. The second kappa shape index (κ2) is 24.6. The number of aliphatic hydroxyl groups excluding tert-OH is 1. The molecule has 0 spiro atoms. The summed E-state index contributed by atoms with van der Waals surface area (Å²) < 4.78 is 4.75. The van der Waals surface area contributed by atoms with Crippen LogP contribution in [-0.4, -0.2) is 85.8 Å². The smallest absolute Gasteiger partial charge is 0.305 e. The monoisotopic (exact) mass is 553 g/mol. The third-order valence-electron chi connectivity index (χ3n) is 8.34. The molecule has 0 aromatic carbocycles. The Morgan fingerprint density at radius 2 is 1.49 bits per heavy atom. The van der Waals surface area contributed by atoms with Gasteiger partial charge >= 0.3 is 5.97 Å². The first-order valence-corrected chi connectivity index (χ1v) is 16.4. The van der Waals surface area contributed by atoms with E-state index in [0.717, 1.165) is 77.8 Å². The first kappa shape index (κ1) is 35.8. The van der Waals surface area contributed by atoms with Crippen LogP contribution in [-0.2, 0) is 14.3 Å². The van der Waals surface area contributed by atoms with E-state index in [1.165, 1.54) is 71.3 Å². The standard InChI is InChI=1S/C32H63N3O4/c1-4-5-6-7-8-11-17-29(2)28-33-31(37)20-12-9-14-22-34(23-15-10-13-21-32(38)39-3)24-25-35(26-27-36)30-18-16-19-30/h29-30,36H,4-28H2,1-3H3,(H,33,37). The molecule has 39 heavy (non-hydrogen) atoms. The zero-order chi connectivity index (χ0) is 28.6. The van der Waals surface area contributed by atoms with Crippen molar-refractivity contribution in [1.29, 1.82) is 0 Å². The number of rotatable bonds is 27. The van der Waals surface area contributed by atoms with Crippen LogP contribution in [0.5, 0.6) is 0 Å². The highest BCUT2D eigenvalue weighted by atomic mass is 16.5. The fourth-order valence-corrected chi connectivity index (χ4v) is 5.40. The number of carbonyl (C=O) groups is 2. The highest BCUT2D eigenvalue weighted by Crippen LogP contribution is 2.24. The van der Waals surface area contributed by atoms with Gasteiger partial charge in [-0.05, 0) is 64.0 Å². The molecule has 7 nitrogen and oxygen atoms in total. The van der Waals surface area contributed by atoms with Crippen molar-refractivity contribution in [3.05, 3.63) is 0 Å². The van der Waals surface area contributed by atoms with E-state index in [2.05, 4.69) is 29.0 Å². The lowest BCUT2D eigenvalue weighted by Gasteiger charge is -2.38. The highest BCUT2D eigenvalue weighted by molar-refractivity contribution is 5.75. The molecule has 7 heteroatoms. The van der Waals surface area contributed by atoms with Gasteiger partial charge in [-0.2, -0.15) is 0 Å². The van der Waals surface area contributed by atoms with Crippen LogP contribution in [0.4, 0.5) is 0 Å². The maximum Gasteiger partial charge on any atom is 0.305 e. The Balaban J connectivity index is 2.24. The summed E-state index contributed by atoms with van der Waals surface area (Å²) in [5.74, 6) is 0.641. The van der Waals surface area contributed by atoms with Crippen molar-refractivity contribution in [3.8, 4) is 0 Å². The average molecular weight is 554 g/mol. The Hall–Kier alpha value is -1.18. The molecule has 0 bridgehead atoms. The molecule has 1 aliphatic rings. The SMILES string of the molecule is CCCCCCCCC(C)CNC(=O)CCCCCN(CCCCCC(=O)OC)CCN(CCO)C1CCC1. The van der Waals surface area contributed by atoms with E-state index in [-0.39, 0.29) is 18.5 Å². The third-order valence-corrected chi connectivity index (χ3v) is 8.34. The Morgan fingerprint density at radius 3 is 2.10 bits per heavy atom. The van der Waals surface area contributed by atoms with Gasteiger partial charge in [0.2, 0.25) is 5.91 Å². The van der Waals surface area contributed by atoms with Crippen LogP contribution in [0.15, 0.2) is 0 Å². The molecule has 1 atom stereocenters. The minimum Gasteiger partial charge on any atom is -0.469 e. The van der Waals surface area contributed by atoms with Crippen LogP contribution in [0.25, 0.3) is 0 Å². The highest BCUT2D eigenvalue weighted by Gasteiger charge is 2.24. The molecule has 230 valence electrons. The van der Waals surface area contributed by atoms with Crippen LogP contribution in [0.3, 0.4) is 0 Å². The van der Waals surface area contributed by atoms with E-state index in [1.54, 1.807) is 0 Å². The van der Waals surface area contributed by atoms with Gasteiger partial charge in [0, 0.05) is 45.1 Å². The number of nitrogens with one attached hydrogen (secondary N) is 1. The maximum absolute atomic E-state index is 12.3. The van der Waals surface area contributed by atoms with Crippen molar-refractivity contribution in [2.24, 2.45) is 5.92 Å². The summed E-state index contributed by atoms with van der Waals surface area (Å²) in [6.45, 7) is 10.4. The summed E-state index contributed by atoms with van der Waals surface area (Å²) in [5.41, 5.74) is 0. The zero-order valence-electron chi connectivity index (χ0n) is 25.9. The minimum absolute atomic E-state index is 0.122. The predicted octanol–water partition coefficient (Wildman–Crippen LogP) is 5.93. The molecular formula is C32H63N3O4. The topological polar surface area (TPSA) is 82.1 Å². The van der Waals surface area contributed by atoms with Gasteiger partial charge in [0.05, 0.1) is 13.7 Å². The Labute approximate surface area is 240 Å². The maximum atomic E-state index is 12.3. The van der Waals surface area contributed by atoms with Crippen molar-refractivity contribution >= 4 is 11.9 Å². The lowest BCUT2D eigenvalue weighted by atomic mass is 9.91. The van der Waals surface area contributed by atoms with Gasteiger partial charge in [-0.25, -0.2) is 0 Å². The van der Waals surface area contributed by atoms with Crippen molar-refractivity contribution in [2.75, 3.05) is 53.0 Å². The van der Waals surface area contributed by atoms with Crippen molar-refractivity contribution in [1.82, 2.24) is 15.1 Å². The molecular weight excluding hydrogens is 490 g/mol. The van der Waals surface area contributed by atoms with Crippen LogP contribution < -0.4 is 5.32 Å². The van der Waals surface area contributed by atoms with Gasteiger partial charge < -0.3 is 20.1 Å². The molecule has 1 saturated carbocycles. The number of esters is 1. The minimum atomic E-state index is -0.122. The van der Waals surface area contributed by atoms with E-state index < -0.39 is 0 Å². The number of nitrogens with zero attached hydrogens (tertiary/aromatic N) is 2. The van der Waals surface area contributed by atoms with Crippen molar-refractivity contribution in [2.45, 2.75) is 135 Å². The van der Waals surface area contributed by atoms with Gasteiger partial charge in [0.15, 0.2) is 0 Å². The molecule has 0 saturated heterocycles. The number of ether oxygens (including phenoxy) is 1. The molecule has 1 fully saturated rings. The molecule has 1 aliphatic carbocycles. The lowest BCUT2D eigenvalue weighted by Crippen LogP contribution is -2.45. The van der Waals surface area contributed by atoms with Gasteiger partial charge in [-0.1, -0.05) is 71.6 Å². The summed E-state index contributed by atoms with van der Waals surface area (Å²) in [7, 11) is 1.45. The Morgan fingerprint density at radius 1 is 0.846 bits per heavy atom. The number of hydrogen-bond acceptors (Lipinski definition) is 6. The third kappa shape index (κ3) is 19.5. The number of amides is 1. The predicted molar refractivity (Wildman–Crippen MR) is 162 cm³/mol. The molecule has 2 N–H and O–H groups in total. The Bertz CT molecular complexity index is 600. The summed E-state index contributed by atoms with van der Waals surface area (Å²) in [6, 6.07) is 0.645. The summed E-state index contributed by atoms with van der Waals surface area (Å²) >= 11 is 0. The van der Waals surface area contributed by atoms with Crippen molar-refractivity contribution in [3.63, 3.8) is 0 Å². The van der Waals surface area contributed by atoms with E-state index in [4.69, 9.17) is 4.74 Å². The second-order valence-corrected chi connectivity index (χ2v) is 11.8. The molecule has 1 unspecified atom stereocenters. The van der Waals surface area contributed by atoms with Crippen LogP contribution >= 0.6 is 0 Å². The largest absolute Gasteiger partial charge is 0.469 e. The zero-order valence-corrected chi connectivity index (χ0v) is 25.9. The molecule has 0 aromatic rings. The average Bonchev–Trinajstić information content (AvgIpc) is 2.90. The van der Waals surface area contributed by atoms with Crippen molar-refractivity contribution < 1.29 is 19.4 Å². The molecule has 1 rings (SSSR count). The van der Waals surface area contributed by atoms with E-state index in [1.807, 2.05) is 0 Å². The first-order valence-electron chi connectivity index (χ1n) is 16.4. The van der Waals surface area contributed by atoms with Gasteiger partial charge in [0.25, 0.3) is 0 Å². The normalized spacial score (nSPS) is 14.5. The molecule has 0 heterocycles. The number of methoxy groups -OCH3 is 1. The fourth-order valence-electron chi connectivity index (χ4n) is 5.40. The Kier molecular flexibility index (Phi) is 22.6. The van der Waals surface area contributed by atoms with Gasteiger partial charge in [0.1, 0.15) is 0 Å². The molecule has 0 aromatic heterocycles. The molecule has 0 aliphatic heterocycles. The lowest BCUT2D eigenvalue weighted by molar-refractivity contribution is -0.140. The number of aliphatic hydroxyl groups is 1.